The van der Waals surface area contributed by atoms with Gasteiger partial charge in [0, 0.05) is 44.3 Å². The van der Waals surface area contributed by atoms with E-state index >= 15 is 0 Å². The topological polar surface area (TPSA) is 122 Å². The Bertz CT molecular complexity index is 1150. The smallest absolute Gasteiger partial charge is 0.245 e. The van der Waals surface area contributed by atoms with Crippen LogP contribution in [0.2, 0.25) is 0 Å². The van der Waals surface area contributed by atoms with Crippen LogP contribution >= 0.6 is 0 Å². The van der Waals surface area contributed by atoms with Crippen LogP contribution in [0.25, 0.3) is 0 Å². The van der Waals surface area contributed by atoms with Crippen LogP contribution in [0.4, 0.5) is 5.82 Å². The molecule has 1 amide bonds. The molecule has 1 N–H and O–H groups in total. The monoisotopic (exact) mass is 481 g/mol. The molecule has 0 bridgehead atoms. The van der Waals surface area contributed by atoms with Crippen molar-refractivity contribution in [3.8, 4) is 0 Å². The summed E-state index contributed by atoms with van der Waals surface area (Å²) in [7, 11) is -8.00. The number of carbonyl (C=O) groups excluding carboxylic acids is 1. The fourth-order valence-electron chi connectivity index (χ4n) is 4.04. The first-order valence-corrected chi connectivity index (χ1v) is 13.5. The van der Waals surface area contributed by atoms with E-state index in [4.69, 9.17) is 0 Å². The van der Waals surface area contributed by atoms with Crippen molar-refractivity contribution in [3.05, 3.63) is 36.3 Å². The summed E-state index contributed by atoms with van der Waals surface area (Å²) in [5.41, 5.74) is 0.738. The highest BCUT2D eigenvalue weighted by molar-refractivity contribution is 7.92. The second kappa shape index (κ2) is 8.93. The van der Waals surface area contributed by atoms with Crippen LogP contribution < -0.4 is 5.32 Å². The zero-order valence-electron chi connectivity index (χ0n) is 17.9. The summed E-state index contributed by atoms with van der Waals surface area (Å²) in [6.45, 7) is 2.99. The van der Waals surface area contributed by atoms with E-state index in [1.807, 2.05) is 0 Å². The highest BCUT2D eigenvalue weighted by Gasteiger charge is 2.38. The molecular weight excluding hydrogens is 454 g/mol. The summed E-state index contributed by atoms with van der Waals surface area (Å²) >= 11 is 0. The molecule has 2 aliphatic heterocycles. The van der Waals surface area contributed by atoms with E-state index in [9.17, 15) is 21.6 Å². The summed E-state index contributed by atoms with van der Waals surface area (Å²) in [5, 5.41) is 2.66. The molecule has 32 heavy (non-hydrogen) atoms. The summed E-state index contributed by atoms with van der Waals surface area (Å²) in [4.78, 5) is 16.2. The molecule has 174 valence electrons. The SMILES string of the molecule is Cc1cccc(NC(=O)Cn2cc(S(=O)(=O)N3CCCC3)c(S(=O)(=O)N3CCCC3)c2)n1. The van der Waals surface area contributed by atoms with E-state index in [1.165, 1.54) is 25.6 Å². The van der Waals surface area contributed by atoms with Crippen molar-refractivity contribution in [2.75, 3.05) is 31.5 Å². The van der Waals surface area contributed by atoms with Gasteiger partial charge in [0.25, 0.3) is 0 Å². The maximum Gasteiger partial charge on any atom is 0.245 e. The van der Waals surface area contributed by atoms with Crippen LogP contribution in [0.3, 0.4) is 0 Å². The van der Waals surface area contributed by atoms with Crippen molar-refractivity contribution in [3.63, 3.8) is 0 Å². The molecule has 12 heteroatoms. The Morgan fingerprint density at radius 1 is 0.906 bits per heavy atom. The van der Waals surface area contributed by atoms with Gasteiger partial charge in [-0.2, -0.15) is 8.61 Å². The van der Waals surface area contributed by atoms with Gasteiger partial charge in [-0.15, -0.1) is 0 Å². The predicted octanol–water partition coefficient (Wildman–Crippen LogP) is 1.40. The van der Waals surface area contributed by atoms with Crippen molar-refractivity contribution in [1.29, 1.82) is 0 Å². The predicted molar refractivity (Wildman–Crippen MR) is 118 cm³/mol. The third-order valence-corrected chi connectivity index (χ3v) is 9.64. The van der Waals surface area contributed by atoms with Crippen LogP contribution in [0.5, 0.6) is 0 Å². The molecule has 0 spiro atoms. The lowest BCUT2D eigenvalue weighted by Crippen LogP contribution is -2.32. The Morgan fingerprint density at radius 2 is 1.41 bits per heavy atom. The number of anilines is 1. The molecule has 10 nitrogen and oxygen atoms in total. The maximum atomic E-state index is 13.3. The van der Waals surface area contributed by atoms with Crippen molar-refractivity contribution >= 4 is 31.8 Å². The largest absolute Gasteiger partial charge is 0.342 e. The molecule has 2 fully saturated rings. The first-order chi connectivity index (χ1) is 15.2. The lowest BCUT2D eigenvalue weighted by atomic mass is 10.4. The molecule has 0 saturated carbocycles. The van der Waals surface area contributed by atoms with Gasteiger partial charge in [0.1, 0.15) is 22.2 Å². The molecule has 2 aromatic rings. The molecule has 0 atom stereocenters. The Kier molecular flexibility index (Phi) is 6.39. The lowest BCUT2D eigenvalue weighted by Gasteiger charge is -2.18. The molecular formula is C20H27N5O5S2. The number of nitrogens with one attached hydrogen (secondary N) is 1. The molecule has 0 aliphatic carbocycles. The van der Waals surface area contributed by atoms with Gasteiger partial charge in [0.2, 0.25) is 26.0 Å². The van der Waals surface area contributed by atoms with Crippen LogP contribution in [0.1, 0.15) is 31.4 Å². The molecule has 2 saturated heterocycles. The second-order valence-corrected chi connectivity index (χ2v) is 11.9. The van der Waals surface area contributed by atoms with E-state index in [2.05, 4.69) is 10.3 Å². The third kappa shape index (κ3) is 4.58. The zero-order valence-corrected chi connectivity index (χ0v) is 19.5. The molecule has 0 unspecified atom stereocenters. The fraction of sp³-hybridized carbons (Fsp3) is 0.500. The van der Waals surface area contributed by atoms with Crippen LogP contribution in [0.15, 0.2) is 40.4 Å². The van der Waals surface area contributed by atoms with Crippen molar-refractivity contribution < 1.29 is 21.6 Å². The first kappa shape index (κ1) is 22.9. The minimum Gasteiger partial charge on any atom is -0.342 e. The van der Waals surface area contributed by atoms with Gasteiger partial charge in [0.15, 0.2) is 0 Å². The van der Waals surface area contributed by atoms with Gasteiger partial charge in [-0.1, -0.05) is 6.07 Å². The third-order valence-electron chi connectivity index (χ3n) is 5.66. The quantitative estimate of drug-likeness (QED) is 0.638. The van der Waals surface area contributed by atoms with Gasteiger partial charge in [-0.05, 0) is 44.7 Å². The minimum atomic E-state index is -4.00. The van der Waals surface area contributed by atoms with Gasteiger partial charge >= 0.3 is 0 Å². The Balaban J connectivity index is 1.66. The Hall–Kier alpha value is -2.28. The highest BCUT2D eigenvalue weighted by Crippen LogP contribution is 2.31. The molecule has 4 rings (SSSR count). The number of nitrogens with zero attached hydrogens (tertiary/aromatic N) is 4. The van der Waals surface area contributed by atoms with E-state index in [0.29, 0.717) is 32.0 Å². The number of aryl methyl sites for hydroxylation is 1. The summed E-state index contributed by atoms with van der Waals surface area (Å²) in [5.74, 6) is -0.0645. The average Bonchev–Trinajstić information content (AvgIpc) is 3.48. The van der Waals surface area contributed by atoms with Crippen LogP contribution in [0, 0.1) is 6.92 Å². The van der Waals surface area contributed by atoms with Gasteiger partial charge in [0.05, 0.1) is 0 Å². The summed E-state index contributed by atoms with van der Waals surface area (Å²) in [6, 6.07) is 5.20. The van der Waals surface area contributed by atoms with Gasteiger partial charge in [-0.25, -0.2) is 21.8 Å². The summed E-state index contributed by atoms with van der Waals surface area (Å²) in [6.07, 6.45) is 5.44. The van der Waals surface area contributed by atoms with E-state index in [0.717, 1.165) is 31.4 Å². The average molecular weight is 482 g/mol. The molecule has 4 heterocycles. The number of pyridine rings is 1. The van der Waals surface area contributed by atoms with Crippen LogP contribution in [-0.4, -0.2) is 67.1 Å². The van der Waals surface area contributed by atoms with Crippen molar-refractivity contribution in [1.82, 2.24) is 18.2 Å². The van der Waals surface area contributed by atoms with Crippen LogP contribution in [-0.2, 0) is 31.4 Å². The first-order valence-electron chi connectivity index (χ1n) is 10.6. The Morgan fingerprint density at radius 3 is 1.88 bits per heavy atom. The number of carbonyl (C=O) groups is 1. The summed E-state index contributed by atoms with van der Waals surface area (Å²) < 4.78 is 57.0. The number of rotatable bonds is 7. The highest BCUT2D eigenvalue weighted by atomic mass is 32.2. The Labute approximate surface area is 188 Å². The zero-order chi connectivity index (χ0) is 22.9. The van der Waals surface area contributed by atoms with Crippen molar-refractivity contribution in [2.24, 2.45) is 0 Å². The fourth-order valence-corrected chi connectivity index (χ4v) is 7.86. The molecule has 0 aromatic carbocycles. The second-order valence-electron chi connectivity index (χ2n) is 8.09. The molecule has 2 aromatic heterocycles. The minimum absolute atomic E-state index is 0.242. The lowest BCUT2D eigenvalue weighted by molar-refractivity contribution is -0.116. The van der Waals surface area contributed by atoms with E-state index < -0.39 is 26.0 Å². The maximum absolute atomic E-state index is 13.3. The standard InChI is InChI=1S/C20H27N5O5S2/c1-16-7-6-8-19(21-16)22-20(26)15-23-13-17(31(27,28)24-9-2-3-10-24)18(14-23)32(29,30)25-11-4-5-12-25/h6-8,13-14H,2-5,9-12,15H2,1H3,(H,21,22,26). The molecule has 2 aliphatic rings. The normalized spacial score (nSPS) is 18.3. The van der Waals surface area contributed by atoms with E-state index in [-0.39, 0.29) is 16.3 Å². The number of hydrogen-bond donors (Lipinski definition) is 1. The molecule has 0 radical (unpaired) electrons. The number of aromatic nitrogens is 2. The number of hydrogen-bond acceptors (Lipinski definition) is 6. The van der Waals surface area contributed by atoms with Gasteiger partial charge in [-0.3, -0.25) is 4.79 Å². The van der Waals surface area contributed by atoms with Crippen molar-refractivity contribution in [2.45, 2.75) is 48.9 Å². The number of sulfonamides is 2. The van der Waals surface area contributed by atoms with Gasteiger partial charge < -0.3 is 9.88 Å². The number of amides is 1. The van der Waals surface area contributed by atoms with E-state index in [1.54, 1.807) is 25.1 Å².